The molecule has 1 fully saturated rings. The molecule has 1 aliphatic rings. The first kappa shape index (κ1) is 12.4. The van der Waals surface area contributed by atoms with Gasteiger partial charge in [-0.1, -0.05) is 0 Å². The smallest absolute Gasteiger partial charge is 0.237 e. The summed E-state index contributed by atoms with van der Waals surface area (Å²) in [7, 11) is 1.58. The molecule has 1 aliphatic carbocycles. The Bertz CT molecular complexity index is 211. The van der Waals surface area contributed by atoms with Crippen LogP contribution in [0.2, 0.25) is 0 Å². The normalized spacial score (nSPS) is 20.5. The Kier molecular flexibility index (Phi) is 4.50. The molecule has 15 heavy (non-hydrogen) atoms. The third kappa shape index (κ3) is 3.15. The van der Waals surface area contributed by atoms with Gasteiger partial charge in [0, 0.05) is 13.7 Å². The first-order chi connectivity index (χ1) is 7.13. The van der Waals surface area contributed by atoms with Gasteiger partial charge in [0.2, 0.25) is 5.91 Å². The highest BCUT2D eigenvalue weighted by Crippen LogP contribution is 2.31. The number of ether oxygens (including phenoxy) is 1. The molecule has 88 valence electrons. The number of rotatable bonds is 6. The SMILES string of the molecule is COCCC(N)C(=O)NC1(CO)CCC1. The van der Waals surface area contributed by atoms with E-state index in [4.69, 9.17) is 15.6 Å². The molecule has 1 amide bonds. The van der Waals surface area contributed by atoms with E-state index in [1.165, 1.54) is 0 Å². The van der Waals surface area contributed by atoms with Crippen molar-refractivity contribution >= 4 is 5.91 Å². The lowest BCUT2D eigenvalue weighted by Gasteiger charge is -2.41. The van der Waals surface area contributed by atoms with Crippen LogP contribution < -0.4 is 11.1 Å². The van der Waals surface area contributed by atoms with Crippen LogP contribution in [0, 0.1) is 0 Å². The van der Waals surface area contributed by atoms with Crippen LogP contribution in [0.1, 0.15) is 25.7 Å². The minimum Gasteiger partial charge on any atom is -0.394 e. The van der Waals surface area contributed by atoms with E-state index >= 15 is 0 Å². The Labute approximate surface area is 90.0 Å². The topological polar surface area (TPSA) is 84.6 Å². The molecule has 0 spiro atoms. The van der Waals surface area contributed by atoms with Gasteiger partial charge in [0.05, 0.1) is 18.2 Å². The van der Waals surface area contributed by atoms with Crippen LogP contribution in [0.15, 0.2) is 0 Å². The summed E-state index contributed by atoms with van der Waals surface area (Å²) in [6.07, 6.45) is 3.23. The van der Waals surface area contributed by atoms with E-state index in [-0.39, 0.29) is 12.5 Å². The number of nitrogens with two attached hydrogens (primary N) is 1. The summed E-state index contributed by atoms with van der Waals surface area (Å²) >= 11 is 0. The molecule has 0 heterocycles. The lowest BCUT2D eigenvalue weighted by Crippen LogP contribution is -2.59. The maximum absolute atomic E-state index is 11.6. The Morgan fingerprint density at radius 3 is 2.73 bits per heavy atom. The number of amides is 1. The van der Waals surface area contributed by atoms with E-state index in [1.54, 1.807) is 7.11 Å². The lowest BCUT2D eigenvalue weighted by atomic mass is 9.77. The molecule has 0 aromatic carbocycles. The summed E-state index contributed by atoms with van der Waals surface area (Å²) in [5, 5.41) is 12.0. The number of hydrogen-bond acceptors (Lipinski definition) is 4. The minimum absolute atomic E-state index is 0.00423. The number of methoxy groups -OCH3 is 1. The summed E-state index contributed by atoms with van der Waals surface area (Å²) < 4.78 is 4.85. The van der Waals surface area contributed by atoms with Crippen molar-refractivity contribution < 1.29 is 14.6 Å². The molecular weight excluding hydrogens is 196 g/mol. The van der Waals surface area contributed by atoms with Crippen molar-refractivity contribution in [1.29, 1.82) is 0 Å². The molecule has 0 saturated heterocycles. The van der Waals surface area contributed by atoms with Crippen molar-refractivity contribution in [2.24, 2.45) is 5.73 Å². The van der Waals surface area contributed by atoms with Crippen molar-refractivity contribution in [2.45, 2.75) is 37.3 Å². The van der Waals surface area contributed by atoms with Gasteiger partial charge in [-0.2, -0.15) is 0 Å². The van der Waals surface area contributed by atoms with Gasteiger partial charge in [-0.3, -0.25) is 4.79 Å². The maximum atomic E-state index is 11.6. The fraction of sp³-hybridized carbons (Fsp3) is 0.900. The van der Waals surface area contributed by atoms with E-state index in [0.717, 1.165) is 19.3 Å². The van der Waals surface area contributed by atoms with Crippen LogP contribution in [0.25, 0.3) is 0 Å². The highest BCUT2D eigenvalue weighted by atomic mass is 16.5. The summed E-state index contributed by atoms with van der Waals surface area (Å²) in [4.78, 5) is 11.6. The van der Waals surface area contributed by atoms with Gasteiger partial charge >= 0.3 is 0 Å². The van der Waals surface area contributed by atoms with E-state index < -0.39 is 11.6 Å². The van der Waals surface area contributed by atoms with E-state index in [1.807, 2.05) is 0 Å². The Balaban J connectivity index is 2.33. The Hall–Kier alpha value is -0.650. The standard InChI is InChI=1S/C10H20N2O3/c1-15-6-3-8(11)9(14)12-10(7-13)4-2-5-10/h8,13H,2-7,11H2,1H3,(H,12,14). The summed E-state index contributed by atoms with van der Waals surface area (Å²) in [5.74, 6) is -0.194. The van der Waals surface area contributed by atoms with Crippen LogP contribution in [0.4, 0.5) is 0 Å². The molecule has 1 saturated carbocycles. The van der Waals surface area contributed by atoms with Gasteiger partial charge in [0.25, 0.3) is 0 Å². The molecule has 0 aliphatic heterocycles. The zero-order valence-corrected chi connectivity index (χ0v) is 9.16. The van der Waals surface area contributed by atoms with Gasteiger partial charge in [-0.25, -0.2) is 0 Å². The van der Waals surface area contributed by atoms with Crippen molar-refractivity contribution in [3.05, 3.63) is 0 Å². The number of aliphatic hydroxyl groups is 1. The van der Waals surface area contributed by atoms with Crippen molar-refractivity contribution in [3.8, 4) is 0 Å². The molecule has 0 aromatic rings. The van der Waals surface area contributed by atoms with Crippen LogP contribution in [-0.4, -0.2) is 42.9 Å². The minimum atomic E-state index is -0.547. The molecular formula is C10H20N2O3. The fourth-order valence-corrected chi connectivity index (χ4v) is 1.66. The predicted octanol–water partition coefficient (Wildman–Crippen LogP) is -0.619. The van der Waals surface area contributed by atoms with Gasteiger partial charge in [-0.05, 0) is 25.7 Å². The van der Waals surface area contributed by atoms with E-state index in [9.17, 15) is 4.79 Å². The van der Waals surface area contributed by atoms with Crippen molar-refractivity contribution in [2.75, 3.05) is 20.3 Å². The lowest BCUT2D eigenvalue weighted by molar-refractivity contribution is -0.126. The zero-order chi connectivity index (χ0) is 11.3. The van der Waals surface area contributed by atoms with Crippen LogP contribution in [-0.2, 0) is 9.53 Å². The van der Waals surface area contributed by atoms with Crippen LogP contribution in [0.3, 0.4) is 0 Å². The Morgan fingerprint density at radius 1 is 1.67 bits per heavy atom. The molecule has 5 nitrogen and oxygen atoms in total. The average Bonchev–Trinajstić information content (AvgIpc) is 2.19. The largest absolute Gasteiger partial charge is 0.394 e. The number of carbonyl (C=O) groups excluding carboxylic acids is 1. The molecule has 1 unspecified atom stereocenters. The van der Waals surface area contributed by atoms with Gasteiger partial charge in [0.1, 0.15) is 0 Å². The number of nitrogens with one attached hydrogen (secondary N) is 1. The highest BCUT2D eigenvalue weighted by Gasteiger charge is 2.38. The molecule has 0 bridgehead atoms. The fourth-order valence-electron chi connectivity index (χ4n) is 1.66. The quantitative estimate of drug-likeness (QED) is 0.552. The number of carbonyl (C=O) groups is 1. The first-order valence-corrected chi connectivity index (χ1v) is 5.31. The molecule has 5 heteroatoms. The summed E-state index contributed by atoms with van der Waals surface area (Å²) in [6.45, 7) is 0.469. The average molecular weight is 216 g/mol. The summed E-state index contributed by atoms with van der Waals surface area (Å²) in [5.41, 5.74) is 5.27. The van der Waals surface area contributed by atoms with E-state index in [2.05, 4.69) is 5.32 Å². The van der Waals surface area contributed by atoms with Crippen molar-refractivity contribution in [1.82, 2.24) is 5.32 Å². The first-order valence-electron chi connectivity index (χ1n) is 5.31. The van der Waals surface area contributed by atoms with Crippen molar-refractivity contribution in [3.63, 3.8) is 0 Å². The highest BCUT2D eigenvalue weighted by molar-refractivity contribution is 5.82. The Morgan fingerprint density at radius 2 is 2.33 bits per heavy atom. The van der Waals surface area contributed by atoms with Gasteiger partial charge < -0.3 is 20.9 Å². The zero-order valence-electron chi connectivity index (χ0n) is 9.16. The second kappa shape index (κ2) is 5.44. The monoisotopic (exact) mass is 216 g/mol. The number of aliphatic hydroxyl groups excluding tert-OH is 1. The molecule has 0 radical (unpaired) electrons. The summed E-state index contributed by atoms with van der Waals surface area (Å²) in [6, 6.07) is -0.547. The molecule has 4 N–H and O–H groups in total. The van der Waals surface area contributed by atoms with Crippen LogP contribution >= 0.6 is 0 Å². The van der Waals surface area contributed by atoms with Gasteiger partial charge in [0.15, 0.2) is 0 Å². The third-order valence-electron chi connectivity index (χ3n) is 2.97. The molecule has 1 rings (SSSR count). The second-order valence-electron chi connectivity index (χ2n) is 4.17. The van der Waals surface area contributed by atoms with Gasteiger partial charge in [-0.15, -0.1) is 0 Å². The maximum Gasteiger partial charge on any atom is 0.237 e. The van der Waals surface area contributed by atoms with E-state index in [0.29, 0.717) is 13.0 Å². The predicted molar refractivity (Wildman–Crippen MR) is 56.3 cm³/mol. The molecule has 1 atom stereocenters. The second-order valence-corrected chi connectivity index (χ2v) is 4.17. The molecule has 0 aromatic heterocycles. The third-order valence-corrected chi connectivity index (χ3v) is 2.97. The number of hydrogen-bond donors (Lipinski definition) is 3. The van der Waals surface area contributed by atoms with Crippen LogP contribution in [0.5, 0.6) is 0 Å².